The summed E-state index contributed by atoms with van der Waals surface area (Å²) in [6, 6.07) is 8.92. The fourth-order valence-corrected chi connectivity index (χ4v) is 4.11. The lowest BCUT2D eigenvalue weighted by Gasteiger charge is -2.36. The quantitative estimate of drug-likeness (QED) is 0.452. The van der Waals surface area contributed by atoms with Crippen LogP contribution in [0.15, 0.2) is 30.3 Å². The zero-order valence-electron chi connectivity index (χ0n) is 18.9. The maximum atomic E-state index is 13.3. The van der Waals surface area contributed by atoms with Crippen LogP contribution in [0.1, 0.15) is 38.8 Å². The molecular weight excluding hydrogens is 397 g/mol. The summed E-state index contributed by atoms with van der Waals surface area (Å²) in [5.74, 6) is 1.17. The maximum absolute atomic E-state index is 13.3. The van der Waals surface area contributed by atoms with Crippen LogP contribution in [-0.2, 0) is 10.8 Å². The molecule has 0 amide bonds. The first-order valence-corrected chi connectivity index (χ1v) is 13.5. The van der Waals surface area contributed by atoms with Crippen LogP contribution in [0.4, 0.5) is 15.9 Å². The third kappa shape index (κ3) is 5.52. The summed E-state index contributed by atoms with van der Waals surface area (Å²) in [6.45, 7) is 15.2. The van der Waals surface area contributed by atoms with Crippen molar-refractivity contribution in [3.05, 3.63) is 47.3 Å². The van der Waals surface area contributed by atoms with Gasteiger partial charge in [-0.15, -0.1) is 0 Å². The van der Waals surface area contributed by atoms with Gasteiger partial charge in [0, 0.05) is 18.5 Å². The molecular formula is C23H34FN3O2Si. The van der Waals surface area contributed by atoms with Gasteiger partial charge in [-0.05, 0) is 48.8 Å². The Balaban J connectivity index is 1.75. The monoisotopic (exact) mass is 431 g/mol. The van der Waals surface area contributed by atoms with Crippen molar-refractivity contribution in [2.45, 2.75) is 58.3 Å². The molecule has 3 rings (SSSR count). The molecule has 1 aromatic heterocycles. The lowest BCUT2D eigenvalue weighted by Crippen LogP contribution is -2.41. The van der Waals surface area contributed by atoms with E-state index in [2.05, 4.69) is 57.5 Å². The number of nitrogens with one attached hydrogen (secondary N) is 2. The highest BCUT2D eigenvalue weighted by Crippen LogP contribution is 2.36. The summed E-state index contributed by atoms with van der Waals surface area (Å²) < 4.78 is 25.4. The Hall–Kier alpha value is -2.12. The minimum absolute atomic E-state index is 0.182. The number of anilines is 2. The average molecular weight is 432 g/mol. The van der Waals surface area contributed by atoms with Crippen LogP contribution in [0.25, 0.3) is 0 Å². The van der Waals surface area contributed by atoms with Gasteiger partial charge in [0.25, 0.3) is 0 Å². The van der Waals surface area contributed by atoms with Crippen molar-refractivity contribution in [3.63, 3.8) is 0 Å². The molecule has 5 nitrogen and oxygen atoms in total. The first kappa shape index (κ1) is 22.6. The first-order chi connectivity index (χ1) is 14.0. The van der Waals surface area contributed by atoms with Crippen molar-refractivity contribution in [3.8, 4) is 5.88 Å². The van der Waals surface area contributed by atoms with E-state index in [0.29, 0.717) is 32.1 Å². The molecule has 1 aliphatic heterocycles. The zero-order valence-corrected chi connectivity index (χ0v) is 19.9. The van der Waals surface area contributed by atoms with E-state index in [4.69, 9.17) is 14.1 Å². The molecule has 1 atom stereocenters. The van der Waals surface area contributed by atoms with Gasteiger partial charge in [0.2, 0.25) is 5.88 Å². The van der Waals surface area contributed by atoms with E-state index in [-0.39, 0.29) is 16.9 Å². The van der Waals surface area contributed by atoms with E-state index >= 15 is 0 Å². The van der Waals surface area contributed by atoms with Crippen molar-refractivity contribution in [1.29, 1.82) is 0 Å². The molecule has 1 aromatic carbocycles. The van der Waals surface area contributed by atoms with Crippen molar-refractivity contribution >= 4 is 19.8 Å². The van der Waals surface area contributed by atoms with Gasteiger partial charge in [-0.3, -0.25) is 0 Å². The number of aromatic nitrogens is 1. The van der Waals surface area contributed by atoms with Crippen LogP contribution in [-0.4, -0.2) is 39.1 Å². The second kappa shape index (κ2) is 8.94. The zero-order chi connectivity index (χ0) is 21.9. The largest absolute Gasteiger partial charge is 0.474 e. The number of nitrogens with zero attached hydrogens (tertiary/aromatic N) is 1. The summed E-state index contributed by atoms with van der Waals surface area (Å²) >= 11 is 0. The highest BCUT2D eigenvalue weighted by Gasteiger charge is 2.36. The molecule has 0 aliphatic carbocycles. The Kier molecular flexibility index (Phi) is 6.72. The Morgan fingerprint density at radius 3 is 2.63 bits per heavy atom. The summed E-state index contributed by atoms with van der Waals surface area (Å²) in [4.78, 5) is 4.73. The number of rotatable bonds is 7. The van der Waals surface area contributed by atoms with Gasteiger partial charge < -0.3 is 19.8 Å². The average Bonchev–Trinajstić information content (AvgIpc) is 2.66. The number of pyridine rings is 1. The van der Waals surface area contributed by atoms with E-state index < -0.39 is 8.32 Å². The van der Waals surface area contributed by atoms with Gasteiger partial charge in [-0.25, -0.2) is 4.39 Å². The lowest BCUT2D eigenvalue weighted by molar-refractivity contribution is 0.280. The molecule has 2 aromatic rings. The summed E-state index contributed by atoms with van der Waals surface area (Å²) in [6.07, 6.45) is 0.655. The lowest BCUT2D eigenvalue weighted by atomic mass is 10.0. The van der Waals surface area contributed by atoms with E-state index in [1.54, 1.807) is 0 Å². The van der Waals surface area contributed by atoms with Crippen LogP contribution in [0.5, 0.6) is 5.88 Å². The van der Waals surface area contributed by atoms with E-state index in [1.807, 2.05) is 12.1 Å². The van der Waals surface area contributed by atoms with Gasteiger partial charge in [0.15, 0.2) is 8.32 Å². The molecule has 0 bridgehead atoms. The summed E-state index contributed by atoms with van der Waals surface area (Å²) in [5.41, 5.74) is 2.97. The number of benzene rings is 1. The van der Waals surface area contributed by atoms with E-state index in [0.717, 1.165) is 22.6 Å². The van der Waals surface area contributed by atoms with Crippen LogP contribution >= 0.6 is 0 Å². The van der Waals surface area contributed by atoms with Crippen LogP contribution in [0.3, 0.4) is 0 Å². The third-order valence-corrected chi connectivity index (χ3v) is 10.4. The van der Waals surface area contributed by atoms with Crippen molar-refractivity contribution in [2.24, 2.45) is 0 Å². The maximum Gasteiger partial charge on any atom is 0.239 e. The molecule has 0 saturated carbocycles. The van der Waals surface area contributed by atoms with Crippen molar-refractivity contribution in [1.82, 2.24) is 4.98 Å². The Labute approximate surface area is 180 Å². The number of fused-ring (bicyclic) bond motifs is 1. The van der Waals surface area contributed by atoms with Crippen LogP contribution in [0, 0.1) is 5.82 Å². The van der Waals surface area contributed by atoms with Gasteiger partial charge in [-0.2, -0.15) is 4.98 Å². The highest BCUT2D eigenvalue weighted by molar-refractivity contribution is 6.74. The smallest absolute Gasteiger partial charge is 0.239 e. The van der Waals surface area contributed by atoms with Crippen LogP contribution < -0.4 is 15.4 Å². The fourth-order valence-electron chi connectivity index (χ4n) is 3.06. The van der Waals surface area contributed by atoms with Crippen LogP contribution in [0.2, 0.25) is 18.1 Å². The molecule has 0 unspecified atom stereocenters. The Bertz CT molecular complexity index is 866. The van der Waals surface area contributed by atoms with E-state index in [1.165, 1.54) is 12.1 Å². The molecule has 164 valence electrons. The molecule has 0 fully saturated rings. The highest BCUT2D eigenvalue weighted by atomic mass is 28.4. The van der Waals surface area contributed by atoms with Crippen molar-refractivity contribution < 1.29 is 13.6 Å². The Morgan fingerprint density at radius 2 is 1.97 bits per heavy atom. The summed E-state index contributed by atoms with van der Waals surface area (Å²) in [5, 5.41) is 7.05. The predicted molar refractivity (Wildman–Crippen MR) is 124 cm³/mol. The minimum atomic E-state index is -1.78. The third-order valence-electron chi connectivity index (χ3n) is 5.91. The number of hydrogen-bond donors (Lipinski definition) is 2. The molecule has 2 heterocycles. The predicted octanol–water partition coefficient (Wildman–Crippen LogP) is 5.44. The topological polar surface area (TPSA) is 55.4 Å². The number of ether oxygens (including phenoxy) is 1. The number of halogens is 1. The molecule has 7 heteroatoms. The van der Waals surface area contributed by atoms with Gasteiger partial charge >= 0.3 is 0 Å². The minimum Gasteiger partial charge on any atom is -0.474 e. The second-order valence-corrected chi connectivity index (χ2v) is 14.4. The molecule has 30 heavy (non-hydrogen) atoms. The first-order valence-electron chi connectivity index (χ1n) is 10.6. The molecule has 0 spiro atoms. The molecule has 0 saturated heterocycles. The summed E-state index contributed by atoms with van der Waals surface area (Å²) in [7, 11) is -1.78. The van der Waals surface area contributed by atoms with Gasteiger partial charge in [-0.1, -0.05) is 32.9 Å². The normalized spacial score (nSPS) is 16.4. The van der Waals surface area contributed by atoms with Gasteiger partial charge in [0.1, 0.15) is 18.2 Å². The second-order valence-electron chi connectivity index (χ2n) is 9.54. The van der Waals surface area contributed by atoms with Gasteiger partial charge in [0.05, 0.1) is 18.3 Å². The molecule has 0 radical (unpaired) electrons. The molecule has 2 N–H and O–H groups in total. The number of hydrogen-bond acceptors (Lipinski definition) is 5. The SMILES string of the molecule is C[C@H]1COc2nc(NCCO[Si](C)(C)C(C)(C)C)c(Cc3ccc(F)cc3)cc2N1. The van der Waals surface area contributed by atoms with E-state index in [9.17, 15) is 4.39 Å². The fraction of sp³-hybridized carbons (Fsp3) is 0.522. The molecule has 1 aliphatic rings. The van der Waals surface area contributed by atoms with Crippen molar-refractivity contribution in [2.75, 3.05) is 30.4 Å². The Morgan fingerprint density at radius 1 is 1.27 bits per heavy atom. The standard InChI is InChI=1S/C23H34FN3O2Si/c1-16-15-28-22-20(26-16)14-18(13-17-7-9-19(24)10-8-17)21(27-22)25-11-12-29-30(5,6)23(2,3)4/h7-10,14,16,26H,11-13,15H2,1-6H3,(H,25,27)/t16-/m0/s1.